The van der Waals surface area contributed by atoms with Crippen molar-refractivity contribution >= 4 is 5.78 Å². The standard InChI is InChI=1S/C31H54O/c1-20(2)10-9-11-21(3)24-14-15-25-23-13-12-22-18-28(32)27(29(4,5)6)19-31(22,8)26(23)16-17-30(24,25)7/h20-27H,9-19H2,1-8H3/t21-,22?,23+,24-,25+,26+,27?,30-,31+/m1/s1. The van der Waals surface area contributed by atoms with E-state index in [1.165, 1.54) is 64.2 Å². The molecule has 184 valence electrons. The number of ketones is 1. The van der Waals surface area contributed by atoms with Crippen LogP contribution in [0.1, 0.15) is 126 Å². The molecule has 2 unspecified atom stereocenters. The number of carbonyl (C=O) groups is 1. The highest BCUT2D eigenvalue weighted by Crippen LogP contribution is 2.69. The molecular formula is C31H54O. The van der Waals surface area contributed by atoms with Crippen molar-refractivity contribution in [3.63, 3.8) is 0 Å². The summed E-state index contributed by atoms with van der Waals surface area (Å²) in [5.41, 5.74) is 1.09. The van der Waals surface area contributed by atoms with Gasteiger partial charge in [-0.2, -0.15) is 0 Å². The molecule has 0 heterocycles. The fraction of sp³-hybridized carbons (Fsp3) is 0.968. The zero-order valence-corrected chi connectivity index (χ0v) is 22.8. The minimum Gasteiger partial charge on any atom is -0.299 e. The van der Waals surface area contributed by atoms with E-state index in [-0.39, 0.29) is 11.3 Å². The summed E-state index contributed by atoms with van der Waals surface area (Å²) in [7, 11) is 0. The number of carbonyl (C=O) groups excluding carboxylic acids is 1. The normalized spacial score (nSPS) is 45.3. The molecule has 1 nitrogen and oxygen atoms in total. The van der Waals surface area contributed by atoms with Crippen LogP contribution >= 0.6 is 0 Å². The third-order valence-corrected chi connectivity index (χ3v) is 11.8. The third kappa shape index (κ3) is 4.15. The number of hydrogen-bond acceptors (Lipinski definition) is 1. The molecule has 0 aromatic carbocycles. The Labute approximate surface area is 200 Å². The van der Waals surface area contributed by atoms with Crippen LogP contribution in [0, 0.1) is 63.6 Å². The highest BCUT2D eigenvalue weighted by Gasteiger charge is 2.62. The van der Waals surface area contributed by atoms with Crippen molar-refractivity contribution in [2.24, 2.45) is 63.6 Å². The molecule has 0 aromatic rings. The topological polar surface area (TPSA) is 17.1 Å². The average Bonchev–Trinajstić information content (AvgIpc) is 3.04. The van der Waals surface area contributed by atoms with E-state index in [1.54, 1.807) is 0 Å². The Morgan fingerprint density at radius 2 is 1.59 bits per heavy atom. The first kappa shape index (κ1) is 24.8. The molecule has 0 spiro atoms. The molecule has 4 saturated carbocycles. The zero-order chi connectivity index (χ0) is 23.5. The molecule has 4 aliphatic rings. The Kier molecular flexibility index (Phi) is 6.75. The number of rotatable bonds is 5. The average molecular weight is 443 g/mol. The lowest BCUT2D eigenvalue weighted by Crippen LogP contribution is -2.56. The maximum absolute atomic E-state index is 13.1. The number of Topliss-reactive ketones (excluding diaryl/α,β-unsaturated/α-hetero) is 1. The lowest BCUT2D eigenvalue weighted by Gasteiger charge is -2.62. The number of fused-ring (bicyclic) bond motifs is 5. The summed E-state index contributed by atoms with van der Waals surface area (Å²) in [5, 5.41) is 0. The molecule has 32 heavy (non-hydrogen) atoms. The first-order valence-corrected chi connectivity index (χ1v) is 14.4. The fourth-order valence-corrected chi connectivity index (χ4v) is 9.94. The summed E-state index contributed by atoms with van der Waals surface area (Å²) in [6.45, 7) is 19.6. The molecule has 9 atom stereocenters. The highest BCUT2D eigenvalue weighted by atomic mass is 16.1. The van der Waals surface area contributed by atoms with E-state index in [0.29, 0.717) is 22.5 Å². The van der Waals surface area contributed by atoms with E-state index in [4.69, 9.17) is 0 Å². The van der Waals surface area contributed by atoms with Crippen LogP contribution < -0.4 is 0 Å². The van der Waals surface area contributed by atoms with Gasteiger partial charge in [-0.05, 0) is 103 Å². The second-order valence-electron chi connectivity index (χ2n) is 15.0. The van der Waals surface area contributed by atoms with Crippen molar-refractivity contribution < 1.29 is 4.79 Å². The Morgan fingerprint density at radius 3 is 2.25 bits per heavy atom. The van der Waals surface area contributed by atoms with E-state index >= 15 is 0 Å². The van der Waals surface area contributed by atoms with Gasteiger partial charge in [-0.3, -0.25) is 4.79 Å². The Morgan fingerprint density at radius 1 is 0.906 bits per heavy atom. The van der Waals surface area contributed by atoms with Gasteiger partial charge in [-0.1, -0.05) is 74.7 Å². The van der Waals surface area contributed by atoms with Crippen LogP contribution in [0.5, 0.6) is 0 Å². The second-order valence-corrected chi connectivity index (χ2v) is 15.0. The minimum atomic E-state index is 0.116. The largest absolute Gasteiger partial charge is 0.299 e. The predicted octanol–water partition coefficient (Wildman–Crippen LogP) is 8.95. The van der Waals surface area contributed by atoms with Crippen molar-refractivity contribution in [2.45, 2.75) is 126 Å². The van der Waals surface area contributed by atoms with Gasteiger partial charge in [0.2, 0.25) is 0 Å². The SMILES string of the molecule is CC(C)CCC[C@@H](C)[C@H]1CC[C@H]2[C@@H]3CCC4CC(=O)C(C(C)(C)C)C[C@]4(C)[C@H]3CC[C@]12C. The Bertz CT molecular complexity index is 685. The third-order valence-electron chi connectivity index (χ3n) is 11.8. The fourth-order valence-electron chi connectivity index (χ4n) is 9.94. The van der Waals surface area contributed by atoms with Crippen LogP contribution in [0.3, 0.4) is 0 Å². The molecule has 0 saturated heterocycles. The molecule has 4 fully saturated rings. The molecule has 0 N–H and O–H groups in total. The lowest BCUT2D eigenvalue weighted by molar-refractivity contribution is -0.154. The molecule has 0 amide bonds. The second kappa shape index (κ2) is 8.71. The van der Waals surface area contributed by atoms with Crippen molar-refractivity contribution in [1.82, 2.24) is 0 Å². The van der Waals surface area contributed by atoms with Gasteiger partial charge in [0.1, 0.15) is 5.78 Å². The van der Waals surface area contributed by atoms with Crippen LogP contribution in [0.4, 0.5) is 0 Å². The predicted molar refractivity (Wildman–Crippen MR) is 136 cm³/mol. The molecule has 1 heteroatoms. The van der Waals surface area contributed by atoms with Crippen LogP contribution in [0.2, 0.25) is 0 Å². The van der Waals surface area contributed by atoms with E-state index in [2.05, 4.69) is 55.4 Å². The van der Waals surface area contributed by atoms with Crippen molar-refractivity contribution in [1.29, 1.82) is 0 Å². The molecule has 0 bridgehead atoms. The smallest absolute Gasteiger partial charge is 0.136 e. The molecule has 4 rings (SSSR count). The van der Waals surface area contributed by atoms with Crippen LogP contribution in [0.15, 0.2) is 0 Å². The van der Waals surface area contributed by atoms with Crippen LogP contribution in [0.25, 0.3) is 0 Å². The maximum atomic E-state index is 13.1. The highest BCUT2D eigenvalue weighted by molar-refractivity contribution is 5.83. The van der Waals surface area contributed by atoms with Gasteiger partial charge in [-0.25, -0.2) is 0 Å². The quantitative estimate of drug-likeness (QED) is 0.415. The van der Waals surface area contributed by atoms with E-state index < -0.39 is 0 Å². The first-order valence-electron chi connectivity index (χ1n) is 14.4. The number of hydrogen-bond donors (Lipinski definition) is 0. The van der Waals surface area contributed by atoms with Gasteiger partial charge in [0.15, 0.2) is 0 Å². The van der Waals surface area contributed by atoms with Gasteiger partial charge in [0, 0.05) is 12.3 Å². The lowest BCUT2D eigenvalue weighted by atomic mass is 9.42. The minimum absolute atomic E-state index is 0.116. The molecule has 0 aliphatic heterocycles. The molecule has 0 radical (unpaired) electrons. The Balaban J connectivity index is 1.51. The Hall–Kier alpha value is -0.330. The monoisotopic (exact) mass is 442 g/mol. The molecule has 4 aliphatic carbocycles. The van der Waals surface area contributed by atoms with E-state index in [9.17, 15) is 4.79 Å². The van der Waals surface area contributed by atoms with Crippen LogP contribution in [-0.2, 0) is 4.79 Å². The van der Waals surface area contributed by atoms with Crippen molar-refractivity contribution in [3.8, 4) is 0 Å². The van der Waals surface area contributed by atoms with Crippen LogP contribution in [-0.4, -0.2) is 5.78 Å². The molecule has 0 aromatic heterocycles. The summed E-state index contributed by atoms with van der Waals surface area (Å²) < 4.78 is 0. The maximum Gasteiger partial charge on any atom is 0.136 e. The van der Waals surface area contributed by atoms with E-state index in [1.807, 2.05) is 0 Å². The molecular weight excluding hydrogens is 388 g/mol. The summed E-state index contributed by atoms with van der Waals surface area (Å²) in [6.07, 6.45) is 14.9. The summed E-state index contributed by atoms with van der Waals surface area (Å²) >= 11 is 0. The zero-order valence-electron chi connectivity index (χ0n) is 22.8. The van der Waals surface area contributed by atoms with Gasteiger partial charge >= 0.3 is 0 Å². The first-order chi connectivity index (χ1) is 14.9. The summed E-state index contributed by atoms with van der Waals surface area (Å²) in [5.74, 6) is 6.94. The van der Waals surface area contributed by atoms with Gasteiger partial charge in [0.25, 0.3) is 0 Å². The summed E-state index contributed by atoms with van der Waals surface area (Å²) in [4.78, 5) is 13.1. The summed E-state index contributed by atoms with van der Waals surface area (Å²) in [6, 6.07) is 0. The van der Waals surface area contributed by atoms with E-state index in [0.717, 1.165) is 41.9 Å². The van der Waals surface area contributed by atoms with Crippen molar-refractivity contribution in [2.75, 3.05) is 0 Å². The van der Waals surface area contributed by atoms with Crippen molar-refractivity contribution in [3.05, 3.63) is 0 Å². The van der Waals surface area contributed by atoms with Gasteiger partial charge < -0.3 is 0 Å². The van der Waals surface area contributed by atoms with Gasteiger partial charge in [0.05, 0.1) is 0 Å². The van der Waals surface area contributed by atoms with Gasteiger partial charge in [-0.15, -0.1) is 0 Å².